The number of aromatic nitrogens is 1. The Kier molecular flexibility index (Phi) is 7.99. The highest BCUT2D eigenvalue weighted by Crippen LogP contribution is 2.57. The Morgan fingerprint density at radius 2 is 1.00 bits per heavy atom. The van der Waals surface area contributed by atoms with Crippen molar-refractivity contribution >= 4 is 70.6 Å². The van der Waals surface area contributed by atoms with Gasteiger partial charge in [-0.15, -0.1) is 11.3 Å². The van der Waals surface area contributed by atoms with Crippen molar-refractivity contribution in [2.75, 3.05) is 4.90 Å². The molecular weight excluding hydrogens is 785 g/mol. The number of furan rings is 1. The summed E-state index contributed by atoms with van der Waals surface area (Å²) in [5.74, 6) is 0. The highest BCUT2D eigenvalue weighted by molar-refractivity contribution is 7.25. The average molecular weight is 823 g/mol. The fourth-order valence-electron chi connectivity index (χ4n) is 10.3. The van der Waals surface area contributed by atoms with Crippen LogP contribution in [0.3, 0.4) is 0 Å². The van der Waals surface area contributed by atoms with Crippen LogP contribution in [0, 0.1) is 0 Å². The van der Waals surface area contributed by atoms with Crippen LogP contribution in [0.4, 0.5) is 17.1 Å². The van der Waals surface area contributed by atoms with Crippen molar-refractivity contribution in [2.24, 2.45) is 0 Å². The molecule has 1 aliphatic rings. The van der Waals surface area contributed by atoms with E-state index in [0.29, 0.717) is 0 Å². The quantitative estimate of drug-likeness (QED) is 0.160. The second kappa shape index (κ2) is 14.1. The van der Waals surface area contributed by atoms with Crippen molar-refractivity contribution in [3.63, 3.8) is 0 Å². The third-order valence-corrected chi connectivity index (χ3v) is 14.3. The molecule has 4 heteroatoms. The second-order valence-electron chi connectivity index (χ2n) is 16.5. The Balaban J connectivity index is 0.990. The molecule has 63 heavy (non-hydrogen) atoms. The van der Waals surface area contributed by atoms with Crippen LogP contribution in [-0.4, -0.2) is 4.57 Å². The van der Waals surface area contributed by atoms with Gasteiger partial charge in [-0.2, -0.15) is 0 Å². The highest BCUT2D eigenvalue weighted by atomic mass is 32.1. The molecule has 13 rings (SSSR count). The van der Waals surface area contributed by atoms with Gasteiger partial charge in [-0.3, -0.25) is 0 Å². The van der Waals surface area contributed by atoms with E-state index in [-0.39, 0.29) is 0 Å². The SMILES string of the molecule is c1ccc(-c2ccc(N(c3ccc4c(c3)C(c3ccccc3)(c3ccccc3)c3ccccc3-4)c3ccc4c(c3)oc3cc(-n5ccc6c7ccccc7sc65)ccc34)cc2)cc1. The molecule has 0 bridgehead atoms. The molecule has 296 valence electrons. The Labute approximate surface area is 369 Å². The third kappa shape index (κ3) is 5.45. The van der Waals surface area contributed by atoms with Gasteiger partial charge in [0, 0.05) is 61.6 Å². The van der Waals surface area contributed by atoms with Crippen LogP contribution in [-0.2, 0) is 5.41 Å². The molecule has 0 amide bonds. The van der Waals surface area contributed by atoms with Crippen LogP contribution in [0.15, 0.2) is 235 Å². The van der Waals surface area contributed by atoms with Crippen LogP contribution < -0.4 is 4.90 Å². The maximum Gasteiger partial charge on any atom is 0.137 e. The van der Waals surface area contributed by atoms with Crippen molar-refractivity contribution in [2.45, 2.75) is 5.41 Å². The summed E-state index contributed by atoms with van der Waals surface area (Å²) in [4.78, 5) is 3.62. The van der Waals surface area contributed by atoms with Crippen LogP contribution in [0.1, 0.15) is 22.3 Å². The number of anilines is 3. The molecule has 3 heterocycles. The molecule has 0 N–H and O–H groups in total. The molecule has 9 aromatic carbocycles. The van der Waals surface area contributed by atoms with Gasteiger partial charge in [-0.1, -0.05) is 152 Å². The lowest BCUT2D eigenvalue weighted by Gasteiger charge is -2.35. The molecule has 1 aliphatic carbocycles. The summed E-state index contributed by atoms with van der Waals surface area (Å²) in [5, 5.41) is 4.77. The molecule has 0 radical (unpaired) electrons. The van der Waals surface area contributed by atoms with E-state index in [4.69, 9.17) is 4.42 Å². The molecule has 12 aromatic rings. The number of hydrogen-bond acceptors (Lipinski definition) is 3. The van der Waals surface area contributed by atoms with Crippen molar-refractivity contribution in [1.29, 1.82) is 0 Å². The van der Waals surface area contributed by atoms with E-state index >= 15 is 0 Å². The number of rotatable bonds is 7. The van der Waals surface area contributed by atoms with Gasteiger partial charge in [0.1, 0.15) is 16.0 Å². The molecule has 3 aromatic heterocycles. The minimum absolute atomic E-state index is 0.519. The minimum atomic E-state index is -0.519. The first-order valence-corrected chi connectivity index (χ1v) is 22.3. The average Bonchev–Trinajstić information content (AvgIpc) is 4.11. The minimum Gasteiger partial charge on any atom is -0.456 e. The van der Waals surface area contributed by atoms with Crippen molar-refractivity contribution in [3.8, 4) is 27.9 Å². The van der Waals surface area contributed by atoms with E-state index in [0.717, 1.165) is 44.7 Å². The fraction of sp³-hybridized carbons (Fsp3) is 0.0169. The maximum atomic E-state index is 6.83. The van der Waals surface area contributed by atoms with Gasteiger partial charge < -0.3 is 13.9 Å². The van der Waals surface area contributed by atoms with Gasteiger partial charge in [0.05, 0.1) is 11.1 Å². The first-order chi connectivity index (χ1) is 31.2. The summed E-state index contributed by atoms with van der Waals surface area (Å²) in [6, 6.07) is 81.7. The summed E-state index contributed by atoms with van der Waals surface area (Å²) < 4.78 is 10.4. The lowest BCUT2D eigenvalue weighted by molar-refractivity contribution is 0.668. The zero-order valence-corrected chi connectivity index (χ0v) is 35.0. The predicted octanol–water partition coefficient (Wildman–Crippen LogP) is 16.2. The Morgan fingerprint density at radius 1 is 0.413 bits per heavy atom. The lowest BCUT2D eigenvalue weighted by Crippen LogP contribution is -2.28. The molecule has 0 saturated heterocycles. The standard InChI is InChI=1S/C59H38N2OS/c1-4-14-39(15-5-1)40-24-26-43(27-25-40)61(45-29-31-48-47-20-10-12-22-53(47)59(54(48)36-45,41-16-6-2-7-17-41)42-18-8-3-9-19-42)46-30-33-50-49-32-28-44(37-55(49)62-56(50)38-46)60-35-34-52-51-21-11-13-23-57(51)63-58(52)60/h1-38H. The topological polar surface area (TPSA) is 21.3 Å². The van der Waals surface area contributed by atoms with E-state index in [1.54, 1.807) is 0 Å². The summed E-state index contributed by atoms with van der Waals surface area (Å²) in [6.07, 6.45) is 2.18. The first kappa shape index (κ1) is 35.8. The third-order valence-electron chi connectivity index (χ3n) is 13.1. The van der Waals surface area contributed by atoms with Crippen molar-refractivity contribution in [3.05, 3.63) is 253 Å². The summed E-state index contributed by atoms with van der Waals surface area (Å²) >= 11 is 1.83. The van der Waals surface area contributed by atoms with Crippen LogP contribution >= 0.6 is 11.3 Å². The number of nitrogens with zero attached hydrogens (tertiary/aromatic N) is 2. The first-order valence-electron chi connectivity index (χ1n) is 21.5. The number of fused-ring (bicyclic) bond motifs is 9. The smallest absolute Gasteiger partial charge is 0.137 e. The van der Waals surface area contributed by atoms with Crippen LogP contribution in [0.25, 0.3) is 70.2 Å². The maximum absolute atomic E-state index is 6.83. The summed E-state index contributed by atoms with van der Waals surface area (Å²) in [7, 11) is 0. The van der Waals surface area contributed by atoms with Gasteiger partial charge in [-0.25, -0.2) is 0 Å². The molecule has 0 atom stereocenters. The lowest BCUT2D eigenvalue weighted by atomic mass is 9.67. The zero-order chi connectivity index (χ0) is 41.5. The molecule has 0 fully saturated rings. The van der Waals surface area contributed by atoms with E-state index in [1.165, 1.54) is 64.8 Å². The van der Waals surface area contributed by atoms with E-state index in [9.17, 15) is 0 Å². The number of thiophene rings is 1. The Hall–Kier alpha value is -7.92. The van der Waals surface area contributed by atoms with Crippen molar-refractivity contribution < 1.29 is 4.42 Å². The monoisotopic (exact) mass is 822 g/mol. The van der Waals surface area contributed by atoms with E-state index in [2.05, 4.69) is 240 Å². The van der Waals surface area contributed by atoms with Gasteiger partial charge in [0.25, 0.3) is 0 Å². The molecule has 0 aliphatic heterocycles. The normalized spacial score (nSPS) is 12.9. The van der Waals surface area contributed by atoms with Gasteiger partial charge in [0.2, 0.25) is 0 Å². The van der Waals surface area contributed by atoms with Crippen LogP contribution in [0.2, 0.25) is 0 Å². The number of hydrogen-bond donors (Lipinski definition) is 0. The molecule has 0 spiro atoms. The molecule has 3 nitrogen and oxygen atoms in total. The van der Waals surface area contributed by atoms with Gasteiger partial charge >= 0.3 is 0 Å². The predicted molar refractivity (Wildman–Crippen MR) is 263 cm³/mol. The van der Waals surface area contributed by atoms with Gasteiger partial charge in [0.15, 0.2) is 0 Å². The number of benzene rings is 9. The summed E-state index contributed by atoms with van der Waals surface area (Å²) in [6.45, 7) is 0. The molecule has 0 unspecified atom stereocenters. The zero-order valence-electron chi connectivity index (χ0n) is 34.2. The van der Waals surface area contributed by atoms with E-state index in [1.807, 2.05) is 11.3 Å². The Bertz CT molecular complexity index is 3640. The van der Waals surface area contributed by atoms with Crippen LogP contribution in [0.5, 0.6) is 0 Å². The summed E-state index contributed by atoms with van der Waals surface area (Å²) in [5.41, 5.74) is 15.4. The molecule has 0 saturated carbocycles. The second-order valence-corrected chi connectivity index (χ2v) is 17.5. The fourth-order valence-corrected chi connectivity index (χ4v) is 11.5. The van der Waals surface area contributed by atoms with Crippen molar-refractivity contribution in [1.82, 2.24) is 4.57 Å². The highest BCUT2D eigenvalue weighted by Gasteiger charge is 2.46. The Morgan fingerprint density at radius 3 is 1.78 bits per heavy atom. The van der Waals surface area contributed by atoms with Gasteiger partial charge in [-0.05, 0) is 105 Å². The largest absolute Gasteiger partial charge is 0.456 e. The van der Waals surface area contributed by atoms with E-state index < -0.39 is 5.41 Å². The molecular formula is C59H38N2OS.